The maximum absolute atomic E-state index is 12.7. The van der Waals surface area contributed by atoms with Crippen molar-refractivity contribution in [2.75, 3.05) is 31.1 Å². The summed E-state index contributed by atoms with van der Waals surface area (Å²) in [4.78, 5) is 16.0. The van der Waals surface area contributed by atoms with Crippen LogP contribution in [0.3, 0.4) is 0 Å². The first-order valence-corrected chi connectivity index (χ1v) is 9.97. The molecule has 3 rings (SSSR count). The van der Waals surface area contributed by atoms with Gasteiger partial charge in [0.2, 0.25) is 10.0 Å². The molecule has 2 heterocycles. The Bertz CT molecular complexity index is 1020. The summed E-state index contributed by atoms with van der Waals surface area (Å²) >= 11 is 0. The highest BCUT2D eigenvalue weighted by molar-refractivity contribution is 7.89. The quantitative estimate of drug-likeness (QED) is 0.547. The number of halogens is 3. The minimum atomic E-state index is -4.54. The molecule has 0 N–H and O–H groups in total. The maximum atomic E-state index is 12.7. The molecule has 2 aromatic rings. The van der Waals surface area contributed by atoms with Crippen LogP contribution >= 0.6 is 0 Å². The number of rotatable bonds is 4. The molecule has 0 bridgehead atoms. The van der Waals surface area contributed by atoms with Gasteiger partial charge in [-0.1, -0.05) is 0 Å². The first kappa shape index (κ1) is 21.0. The number of benzene rings is 1. The van der Waals surface area contributed by atoms with Gasteiger partial charge in [-0.05, 0) is 36.8 Å². The van der Waals surface area contributed by atoms with E-state index in [1.807, 2.05) is 4.90 Å². The smallest absolute Gasteiger partial charge is 0.354 e. The van der Waals surface area contributed by atoms with E-state index in [0.717, 1.165) is 30.5 Å². The summed E-state index contributed by atoms with van der Waals surface area (Å²) in [6, 6.07) is 4.79. The minimum Gasteiger partial charge on any atom is -0.354 e. The number of anilines is 1. The zero-order chi connectivity index (χ0) is 21.4. The molecule has 0 saturated carbocycles. The molecular formula is C17H17F3N4O4S. The van der Waals surface area contributed by atoms with Crippen LogP contribution in [-0.2, 0) is 16.2 Å². The number of nitrogens with zero attached hydrogens (tertiary/aromatic N) is 4. The van der Waals surface area contributed by atoms with Crippen molar-refractivity contribution in [1.82, 2.24) is 9.29 Å². The molecule has 1 aromatic carbocycles. The standard InChI is InChI=1S/C17H17F3N4O4S/c1-12-10-14(24(25)26)11-21-16(12)22-6-8-23(9-7-22)29(27,28)15-4-2-13(3-5-15)17(18,19)20/h2-5,10-11H,6-9H2,1H3. The lowest BCUT2D eigenvalue weighted by Crippen LogP contribution is -2.49. The molecule has 0 atom stereocenters. The molecular weight excluding hydrogens is 413 g/mol. The molecule has 1 aromatic heterocycles. The number of pyridine rings is 1. The van der Waals surface area contributed by atoms with Gasteiger partial charge >= 0.3 is 6.18 Å². The highest BCUT2D eigenvalue weighted by atomic mass is 32.2. The first-order chi connectivity index (χ1) is 13.5. The van der Waals surface area contributed by atoms with Crippen LogP contribution in [0, 0.1) is 17.0 Å². The van der Waals surface area contributed by atoms with Crippen LogP contribution in [0.25, 0.3) is 0 Å². The van der Waals surface area contributed by atoms with E-state index < -0.39 is 26.7 Å². The van der Waals surface area contributed by atoms with E-state index in [-0.39, 0.29) is 23.7 Å². The lowest BCUT2D eigenvalue weighted by Gasteiger charge is -2.35. The highest BCUT2D eigenvalue weighted by Gasteiger charge is 2.33. The average molecular weight is 430 g/mol. The predicted octanol–water partition coefficient (Wildman–Crippen LogP) is 2.83. The van der Waals surface area contributed by atoms with Crippen LogP contribution in [0.2, 0.25) is 0 Å². The largest absolute Gasteiger partial charge is 0.416 e. The Morgan fingerprint density at radius 2 is 1.69 bits per heavy atom. The number of hydrogen-bond acceptors (Lipinski definition) is 6. The molecule has 0 unspecified atom stereocenters. The average Bonchev–Trinajstić information content (AvgIpc) is 2.67. The molecule has 12 heteroatoms. The van der Waals surface area contributed by atoms with Crippen LogP contribution in [0.5, 0.6) is 0 Å². The number of alkyl halides is 3. The second-order valence-corrected chi connectivity index (χ2v) is 8.44. The molecule has 0 spiro atoms. The Balaban J connectivity index is 1.72. The van der Waals surface area contributed by atoms with E-state index in [2.05, 4.69) is 4.98 Å². The second kappa shape index (κ2) is 7.59. The third kappa shape index (κ3) is 4.32. The highest BCUT2D eigenvalue weighted by Crippen LogP contribution is 2.30. The van der Waals surface area contributed by atoms with E-state index in [4.69, 9.17) is 0 Å². The zero-order valence-corrected chi connectivity index (χ0v) is 16.1. The third-order valence-corrected chi connectivity index (χ3v) is 6.52. The Hall–Kier alpha value is -2.73. The van der Waals surface area contributed by atoms with Crippen LogP contribution in [-0.4, -0.2) is 48.8 Å². The van der Waals surface area contributed by atoms with Gasteiger partial charge in [0.1, 0.15) is 12.0 Å². The van der Waals surface area contributed by atoms with Crippen molar-refractivity contribution in [2.24, 2.45) is 0 Å². The summed E-state index contributed by atoms with van der Waals surface area (Å²) in [6.07, 6.45) is -3.39. The lowest BCUT2D eigenvalue weighted by molar-refractivity contribution is -0.385. The Kier molecular flexibility index (Phi) is 5.50. The fraction of sp³-hybridized carbons (Fsp3) is 0.353. The van der Waals surface area contributed by atoms with E-state index in [1.54, 1.807) is 6.92 Å². The van der Waals surface area contributed by atoms with Crippen LogP contribution in [0.1, 0.15) is 11.1 Å². The number of aryl methyl sites for hydroxylation is 1. The fourth-order valence-corrected chi connectivity index (χ4v) is 4.51. The molecule has 0 aliphatic carbocycles. The molecule has 29 heavy (non-hydrogen) atoms. The van der Waals surface area contributed by atoms with E-state index in [0.29, 0.717) is 24.5 Å². The van der Waals surface area contributed by atoms with Crippen molar-refractivity contribution in [3.8, 4) is 0 Å². The zero-order valence-electron chi connectivity index (χ0n) is 15.3. The SMILES string of the molecule is Cc1cc([N+](=O)[O-])cnc1N1CCN(S(=O)(=O)c2ccc(C(F)(F)F)cc2)CC1. The van der Waals surface area contributed by atoms with Crippen molar-refractivity contribution in [3.63, 3.8) is 0 Å². The molecule has 156 valence electrons. The third-order valence-electron chi connectivity index (χ3n) is 4.60. The fourth-order valence-electron chi connectivity index (χ4n) is 3.09. The van der Waals surface area contributed by atoms with Gasteiger partial charge in [-0.25, -0.2) is 13.4 Å². The Morgan fingerprint density at radius 3 is 2.17 bits per heavy atom. The van der Waals surface area contributed by atoms with E-state index in [9.17, 15) is 31.7 Å². The molecule has 0 radical (unpaired) electrons. The molecule has 1 aliphatic heterocycles. The van der Waals surface area contributed by atoms with Crippen molar-refractivity contribution < 1.29 is 26.5 Å². The number of nitro groups is 1. The van der Waals surface area contributed by atoms with Gasteiger partial charge < -0.3 is 4.90 Å². The van der Waals surface area contributed by atoms with E-state index >= 15 is 0 Å². The van der Waals surface area contributed by atoms with Crippen molar-refractivity contribution >= 4 is 21.5 Å². The lowest BCUT2D eigenvalue weighted by atomic mass is 10.2. The number of sulfonamides is 1. The second-order valence-electron chi connectivity index (χ2n) is 6.50. The van der Waals surface area contributed by atoms with Gasteiger partial charge in [0, 0.05) is 32.2 Å². The first-order valence-electron chi connectivity index (χ1n) is 8.53. The molecule has 8 nitrogen and oxygen atoms in total. The number of hydrogen-bond donors (Lipinski definition) is 0. The normalized spacial score (nSPS) is 16.1. The molecule has 1 fully saturated rings. The van der Waals surface area contributed by atoms with Gasteiger partial charge in [0.25, 0.3) is 5.69 Å². The van der Waals surface area contributed by atoms with Crippen LogP contribution in [0.15, 0.2) is 41.4 Å². The van der Waals surface area contributed by atoms with Gasteiger partial charge in [0.15, 0.2) is 0 Å². The number of piperazine rings is 1. The van der Waals surface area contributed by atoms with Crippen molar-refractivity contribution in [3.05, 3.63) is 57.8 Å². The van der Waals surface area contributed by atoms with Crippen LogP contribution in [0.4, 0.5) is 24.7 Å². The van der Waals surface area contributed by atoms with Crippen molar-refractivity contribution in [2.45, 2.75) is 18.0 Å². The Labute approximate surface area is 164 Å². The molecule has 1 saturated heterocycles. The predicted molar refractivity (Wildman–Crippen MR) is 98.0 cm³/mol. The Morgan fingerprint density at radius 1 is 1.10 bits per heavy atom. The van der Waals surface area contributed by atoms with Gasteiger partial charge in [-0.15, -0.1) is 0 Å². The summed E-state index contributed by atoms with van der Waals surface area (Å²) in [5.74, 6) is 0.530. The van der Waals surface area contributed by atoms with Gasteiger partial charge in [0.05, 0.1) is 15.4 Å². The summed E-state index contributed by atoms with van der Waals surface area (Å²) in [5.41, 5.74) is -0.450. The summed E-state index contributed by atoms with van der Waals surface area (Å²) in [5, 5.41) is 10.8. The topological polar surface area (TPSA) is 96.7 Å². The monoisotopic (exact) mass is 430 g/mol. The summed E-state index contributed by atoms with van der Waals surface area (Å²) in [6.45, 7) is 2.50. The van der Waals surface area contributed by atoms with Crippen molar-refractivity contribution in [1.29, 1.82) is 0 Å². The molecule has 0 amide bonds. The number of aromatic nitrogens is 1. The maximum Gasteiger partial charge on any atom is 0.416 e. The van der Waals surface area contributed by atoms with Crippen LogP contribution < -0.4 is 4.90 Å². The summed E-state index contributed by atoms with van der Waals surface area (Å²) in [7, 11) is -3.93. The van der Waals surface area contributed by atoms with Gasteiger partial charge in [-0.2, -0.15) is 17.5 Å². The minimum absolute atomic E-state index is 0.113. The summed E-state index contributed by atoms with van der Waals surface area (Å²) < 4.78 is 64.6. The molecule has 1 aliphatic rings. The van der Waals surface area contributed by atoms with E-state index in [1.165, 1.54) is 10.4 Å². The van der Waals surface area contributed by atoms with Gasteiger partial charge in [-0.3, -0.25) is 10.1 Å².